The molecule has 0 aromatic carbocycles. The minimum absolute atomic E-state index is 0.0436. The lowest BCUT2D eigenvalue weighted by Crippen LogP contribution is -2.32. The number of methoxy groups -OCH3 is 1. The van der Waals surface area contributed by atoms with Gasteiger partial charge < -0.3 is 14.8 Å². The van der Waals surface area contributed by atoms with Crippen LogP contribution in [0.5, 0.6) is 5.88 Å². The molecule has 0 radical (unpaired) electrons. The SMILES string of the molecule is COc1ccc(-n2cnnc2SCC(=O)NC[C@@H]2CCCO2)cn1. The third-order valence-electron chi connectivity index (χ3n) is 3.61. The molecule has 1 fully saturated rings. The van der Waals surface area contributed by atoms with Crippen molar-refractivity contribution in [3.05, 3.63) is 24.7 Å². The Morgan fingerprint density at radius 2 is 2.46 bits per heavy atom. The van der Waals surface area contributed by atoms with E-state index in [4.69, 9.17) is 9.47 Å². The normalized spacial score (nSPS) is 17.0. The van der Waals surface area contributed by atoms with Gasteiger partial charge in [0.2, 0.25) is 11.8 Å². The van der Waals surface area contributed by atoms with Crippen LogP contribution in [-0.4, -0.2) is 57.8 Å². The number of rotatable bonds is 7. The summed E-state index contributed by atoms with van der Waals surface area (Å²) >= 11 is 1.33. The number of hydrogen-bond acceptors (Lipinski definition) is 7. The Morgan fingerprint density at radius 3 is 3.17 bits per heavy atom. The van der Waals surface area contributed by atoms with Gasteiger partial charge >= 0.3 is 0 Å². The predicted octanol–water partition coefficient (Wildman–Crippen LogP) is 1.06. The maximum Gasteiger partial charge on any atom is 0.230 e. The molecule has 1 aliphatic heterocycles. The van der Waals surface area contributed by atoms with Crippen molar-refractivity contribution < 1.29 is 14.3 Å². The van der Waals surface area contributed by atoms with Crippen LogP contribution in [0.3, 0.4) is 0 Å². The van der Waals surface area contributed by atoms with Crippen LogP contribution in [-0.2, 0) is 9.53 Å². The summed E-state index contributed by atoms with van der Waals surface area (Å²) in [6, 6.07) is 3.62. The molecule has 1 aliphatic rings. The average Bonchev–Trinajstić information content (AvgIpc) is 3.29. The minimum Gasteiger partial charge on any atom is -0.481 e. The van der Waals surface area contributed by atoms with E-state index in [9.17, 15) is 4.79 Å². The molecule has 1 N–H and O–H groups in total. The van der Waals surface area contributed by atoms with Gasteiger partial charge in [0.25, 0.3) is 0 Å². The Labute approximate surface area is 144 Å². The van der Waals surface area contributed by atoms with Crippen molar-refractivity contribution in [2.45, 2.75) is 24.1 Å². The van der Waals surface area contributed by atoms with E-state index in [0.717, 1.165) is 25.1 Å². The monoisotopic (exact) mass is 349 g/mol. The quantitative estimate of drug-likeness (QED) is 0.747. The molecular weight excluding hydrogens is 330 g/mol. The van der Waals surface area contributed by atoms with Crippen molar-refractivity contribution in [2.75, 3.05) is 26.0 Å². The lowest BCUT2D eigenvalue weighted by Gasteiger charge is -2.10. The van der Waals surface area contributed by atoms with Gasteiger partial charge in [0.1, 0.15) is 6.33 Å². The molecule has 0 unspecified atom stereocenters. The second kappa shape index (κ2) is 8.11. The van der Waals surface area contributed by atoms with E-state index in [0.29, 0.717) is 17.6 Å². The summed E-state index contributed by atoms with van der Waals surface area (Å²) < 4.78 is 12.3. The highest BCUT2D eigenvalue weighted by Gasteiger charge is 2.16. The summed E-state index contributed by atoms with van der Waals surface area (Å²) in [4.78, 5) is 16.1. The molecule has 2 aromatic heterocycles. The molecule has 3 rings (SSSR count). The summed E-state index contributed by atoms with van der Waals surface area (Å²) in [5.41, 5.74) is 0.808. The summed E-state index contributed by atoms with van der Waals surface area (Å²) in [6.45, 7) is 1.35. The van der Waals surface area contributed by atoms with Gasteiger partial charge in [-0.3, -0.25) is 9.36 Å². The molecule has 128 valence electrons. The zero-order valence-electron chi connectivity index (χ0n) is 13.3. The summed E-state index contributed by atoms with van der Waals surface area (Å²) in [5, 5.41) is 11.5. The van der Waals surface area contributed by atoms with Crippen molar-refractivity contribution in [1.82, 2.24) is 25.1 Å². The number of nitrogens with one attached hydrogen (secondary N) is 1. The Kier molecular flexibility index (Phi) is 5.65. The second-order valence-corrected chi connectivity index (χ2v) is 6.21. The molecule has 0 bridgehead atoms. The smallest absolute Gasteiger partial charge is 0.230 e. The minimum atomic E-state index is -0.0436. The van der Waals surface area contributed by atoms with Gasteiger partial charge in [-0.15, -0.1) is 10.2 Å². The van der Waals surface area contributed by atoms with Gasteiger partial charge in [-0.1, -0.05) is 11.8 Å². The molecule has 9 heteroatoms. The first-order chi connectivity index (χ1) is 11.8. The van der Waals surface area contributed by atoms with E-state index in [2.05, 4.69) is 20.5 Å². The predicted molar refractivity (Wildman–Crippen MR) is 88.4 cm³/mol. The first-order valence-electron chi connectivity index (χ1n) is 7.68. The summed E-state index contributed by atoms with van der Waals surface area (Å²) in [6.07, 6.45) is 5.48. The van der Waals surface area contributed by atoms with Crippen LogP contribution in [0, 0.1) is 0 Å². The van der Waals surface area contributed by atoms with Gasteiger partial charge in [-0.05, 0) is 18.9 Å². The number of thioether (sulfide) groups is 1. The number of carbonyl (C=O) groups is 1. The number of ether oxygens (including phenoxy) is 2. The van der Waals surface area contributed by atoms with E-state index in [1.807, 2.05) is 6.07 Å². The zero-order chi connectivity index (χ0) is 16.8. The van der Waals surface area contributed by atoms with Crippen LogP contribution in [0.1, 0.15) is 12.8 Å². The molecule has 3 heterocycles. The summed E-state index contributed by atoms with van der Waals surface area (Å²) in [7, 11) is 1.57. The Hall–Kier alpha value is -2.13. The summed E-state index contributed by atoms with van der Waals surface area (Å²) in [5.74, 6) is 0.766. The molecule has 0 saturated carbocycles. The van der Waals surface area contributed by atoms with Crippen LogP contribution in [0.25, 0.3) is 5.69 Å². The van der Waals surface area contributed by atoms with E-state index in [1.165, 1.54) is 11.8 Å². The fourth-order valence-electron chi connectivity index (χ4n) is 2.35. The fourth-order valence-corrected chi connectivity index (χ4v) is 3.11. The van der Waals surface area contributed by atoms with E-state index >= 15 is 0 Å². The third-order valence-corrected chi connectivity index (χ3v) is 4.55. The molecule has 1 saturated heterocycles. The van der Waals surface area contributed by atoms with Gasteiger partial charge in [0, 0.05) is 19.2 Å². The van der Waals surface area contributed by atoms with E-state index < -0.39 is 0 Å². The van der Waals surface area contributed by atoms with Gasteiger partial charge in [0.15, 0.2) is 5.16 Å². The first-order valence-corrected chi connectivity index (χ1v) is 8.66. The zero-order valence-corrected chi connectivity index (χ0v) is 14.2. The molecule has 0 aliphatic carbocycles. The highest BCUT2D eigenvalue weighted by molar-refractivity contribution is 7.99. The third kappa shape index (κ3) is 4.24. The maximum atomic E-state index is 12.0. The standard InChI is InChI=1S/C15H19N5O3S/c1-22-14-5-4-11(7-17-14)20-10-18-19-15(20)24-9-13(21)16-8-12-3-2-6-23-12/h4-5,7,10,12H,2-3,6,8-9H2,1H3,(H,16,21)/t12-/m0/s1. The van der Waals surface area contributed by atoms with Crippen molar-refractivity contribution >= 4 is 17.7 Å². The van der Waals surface area contributed by atoms with Crippen LogP contribution in [0.4, 0.5) is 0 Å². The number of amides is 1. The number of hydrogen-bond donors (Lipinski definition) is 1. The Bertz CT molecular complexity index is 670. The number of pyridine rings is 1. The van der Waals surface area contributed by atoms with Gasteiger partial charge in [-0.25, -0.2) is 4.98 Å². The van der Waals surface area contributed by atoms with Crippen molar-refractivity contribution in [2.24, 2.45) is 0 Å². The van der Waals surface area contributed by atoms with E-state index in [-0.39, 0.29) is 17.8 Å². The highest BCUT2D eigenvalue weighted by atomic mass is 32.2. The molecular formula is C15H19N5O3S. The van der Waals surface area contributed by atoms with Crippen molar-refractivity contribution in [3.63, 3.8) is 0 Å². The molecule has 24 heavy (non-hydrogen) atoms. The topological polar surface area (TPSA) is 91.2 Å². The maximum absolute atomic E-state index is 12.0. The highest BCUT2D eigenvalue weighted by Crippen LogP contribution is 2.20. The Balaban J connectivity index is 1.53. The molecule has 8 nitrogen and oxygen atoms in total. The molecule has 1 amide bonds. The fraction of sp³-hybridized carbons (Fsp3) is 0.467. The van der Waals surface area contributed by atoms with Crippen molar-refractivity contribution in [1.29, 1.82) is 0 Å². The first kappa shape index (κ1) is 16.7. The van der Waals surface area contributed by atoms with Crippen LogP contribution in [0.15, 0.2) is 29.8 Å². The van der Waals surface area contributed by atoms with Crippen LogP contribution < -0.4 is 10.1 Å². The second-order valence-electron chi connectivity index (χ2n) is 5.27. The van der Waals surface area contributed by atoms with Crippen LogP contribution in [0.2, 0.25) is 0 Å². The molecule has 1 atom stereocenters. The lowest BCUT2D eigenvalue weighted by atomic mass is 10.2. The number of carbonyl (C=O) groups excluding carboxylic acids is 1. The average molecular weight is 349 g/mol. The lowest BCUT2D eigenvalue weighted by molar-refractivity contribution is -0.119. The Morgan fingerprint density at radius 1 is 1.54 bits per heavy atom. The number of aromatic nitrogens is 4. The van der Waals surface area contributed by atoms with Gasteiger partial charge in [-0.2, -0.15) is 0 Å². The van der Waals surface area contributed by atoms with E-state index in [1.54, 1.807) is 30.3 Å². The van der Waals surface area contributed by atoms with Crippen molar-refractivity contribution in [3.8, 4) is 11.6 Å². The van der Waals surface area contributed by atoms with Gasteiger partial charge in [0.05, 0.1) is 30.9 Å². The van der Waals surface area contributed by atoms with Crippen LogP contribution >= 0.6 is 11.8 Å². The molecule has 0 spiro atoms. The molecule has 2 aromatic rings. The largest absolute Gasteiger partial charge is 0.481 e. The number of nitrogens with zero attached hydrogens (tertiary/aromatic N) is 4.